The maximum atomic E-state index is 9.44. The lowest BCUT2D eigenvalue weighted by molar-refractivity contribution is 0.152. The molecule has 3 rings (SSSR count). The molecule has 19 heavy (non-hydrogen) atoms. The molecule has 2 saturated carbocycles. The molecule has 1 aromatic carbocycles. The molecule has 0 amide bonds. The summed E-state index contributed by atoms with van der Waals surface area (Å²) in [5, 5.41) is 13.1. The molecule has 0 heterocycles. The maximum absolute atomic E-state index is 9.44. The highest BCUT2D eigenvalue weighted by Crippen LogP contribution is 2.40. The Balaban J connectivity index is 1.57. The van der Waals surface area contributed by atoms with Crippen LogP contribution in [0.2, 0.25) is 0 Å². The normalized spacial score (nSPS) is 27.4. The van der Waals surface area contributed by atoms with Gasteiger partial charge in [0.05, 0.1) is 0 Å². The van der Waals surface area contributed by atoms with Crippen LogP contribution < -0.4 is 5.32 Å². The molecule has 104 valence electrons. The molecular weight excluding hydrogens is 234 g/mol. The van der Waals surface area contributed by atoms with E-state index in [0.717, 1.165) is 12.5 Å². The number of rotatable bonds is 5. The van der Waals surface area contributed by atoms with E-state index >= 15 is 0 Å². The zero-order valence-electron chi connectivity index (χ0n) is 11.6. The van der Waals surface area contributed by atoms with Crippen molar-refractivity contribution in [2.75, 3.05) is 6.61 Å². The zero-order chi connectivity index (χ0) is 13.1. The fraction of sp³-hybridized carbons (Fsp3) is 0.647. The lowest BCUT2D eigenvalue weighted by atomic mass is 9.85. The Morgan fingerprint density at radius 1 is 1.11 bits per heavy atom. The first-order valence-corrected chi connectivity index (χ1v) is 7.80. The van der Waals surface area contributed by atoms with Gasteiger partial charge in [0.2, 0.25) is 0 Å². The molecule has 2 aliphatic rings. The summed E-state index contributed by atoms with van der Waals surface area (Å²) in [6, 6.07) is 9.54. The summed E-state index contributed by atoms with van der Waals surface area (Å²) in [6.07, 6.45) is 7.71. The van der Waals surface area contributed by atoms with E-state index in [0.29, 0.717) is 18.6 Å². The Morgan fingerprint density at radius 2 is 1.95 bits per heavy atom. The second-order valence-electron chi connectivity index (χ2n) is 6.23. The van der Waals surface area contributed by atoms with Gasteiger partial charge in [-0.2, -0.15) is 0 Å². The van der Waals surface area contributed by atoms with Crippen molar-refractivity contribution in [3.05, 3.63) is 35.4 Å². The molecule has 1 aromatic rings. The van der Waals surface area contributed by atoms with Gasteiger partial charge in [-0.1, -0.05) is 37.1 Å². The molecule has 0 bridgehead atoms. The molecule has 0 aromatic heterocycles. The van der Waals surface area contributed by atoms with E-state index in [1.807, 2.05) is 0 Å². The van der Waals surface area contributed by atoms with Crippen LogP contribution in [0.1, 0.15) is 55.6 Å². The Bertz CT molecular complexity index is 413. The van der Waals surface area contributed by atoms with E-state index in [1.165, 1.54) is 49.7 Å². The number of aliphatic hydroxyl groups is 1. The largest absolute Gasteiger partial charge is 0.396 e. The van der Waals surface area contributed by atoms with Gasteiger partial charge in [-0.15, -0.1) is 0 Å². The SMILES string of the molecule is OCC1CCCCC1NCc1cccc(C2CC2)c1. The van der Waals surface area contributed by atoms with Gasteiger partial charge in [-0.05, 0) is 48.6 Å². The van der Waals surface area contributed by atoms with E-state index in [9.17, 15) is 5.11 Å². The van der Waals surface area contributed by atoms with E-state index in [-0.39, 0.29) is 0 Å². The van der Waals surface area contributed by atoms with Crippen LogP contribution >= 0.6 is 0 Å². The van der Waals surface area contributed by atoms with Gasteiger partial charge in [0.15, 0.2) is 0 Å². The van der Waals surface area contributed by atoms with Gasteiger partial charge in [0, 0.05) is 19.2 Å². The highest BCUT2D eigenvalue weighted by molar-refractivity contribution is 5.29. The number of aliphatic hydroxyl groups excluding tert-OH is 1. The number of benzene rings is 1. The molecule has 2 nitrogen and oxygen atoms in total. The predicted molar refractivity (Wildman–Crippen MR) is 78.1 cm³/mol. The third-order valence-corrected chi connectivity index (χ3v) is 4.71. The van der Waals surface area contributed by atoms with Crippen LogP contribution in [-0.4, -0.2) is 17.8 Å². The van der Waals surface area contributed by atoms with Gasteiger partial charge in [-0.3, -0.25) is 0 Å². The fourth-order valence-corrected chi connectivity index (χ4v) is 3.32. The third kappa shape index (κ3) is 3.37. The monoisotopic (exact) mass is 259 g/mol. The first-order chi connectivity index (χ1) is 9.36. The molecule has 2 aliphatic carbocycles. The Morgan fingerprint density at radius 3 is 2.74 bits per heavy atom. The summed E-state index contributed by atoms with van der Waals surface area (Å²) in [5.41, 5.74) is 2.91. The summed E-state index contributed by atoms with van der Waals surface area (Å²) >= 11 is 0. The van der Waals surface area contributed by atoms with Crippen molar-refractivity contribution < 1.29 is 5.11 Å². The number of hydrogen-bond acceptors (Lipinski definition) is 2. The number of hydrogen-bond donors (Lipinski definition) is 2. The van der Waals surface area contributed by atoms with Gasteiger partial charge in [-0.25, -0.2) is 0 Å². The molecule has 2 unspecified atom stereocenters. The minimum absolute atomic E-state index is 0.333. The predicted octanol–water partition coefficient (Wildman–Crippen LogP) is 3.20. The summed E-state index contributed by atoms with van der Waals surface area (Å²) in [7, 11) is 0. The third-order valence-electron chi connectivity index (χ3n) is 4.71. The second-order valence-corrected chi connectivity index (χ2v) is 6.23. The van der Waals surface area contributed by atoms with Crippen molar-refractivity contribution >= 4 is 0 Å². The first-order valence-electron chi connectivity index (χ1n) is 7.80. The molecule has 2 N–H and O–H groups in total. The van der Waals surface area contributed by atoms with Crippen LogP contribution in [0.15, 0.2) is 24.3 Å². The second kappa shape index (κ2) is 6.06. The molecule has 2 fully saturated rings. The first kappa shape index (κ1) is 13.1. The lowest BCUT2D eigenvalue weighted by Crippen LogP contribution is -2.39. The molecule has 0 aliphatic heterocycles. The molecule has 0 spiro atoms. The maximum Gasteiger partial charge on any atom is 0.0474 e. The summed E-state index contributed by atoms with van der Waals surface area (Å²) in [5.74, 6) is 1.29. The minimum atomic E-state index is 0.333. The smallest absolute Gasteiger partial charge is 0.0474 e. The standard InChI is InChI=1S/C17H25NO/c19-12-16-5-1-2-7-17(16)18-11-13-4-3-6-15(10-13)14-8-9-14/h3-4,6,10,14,16-19H,1-2,5,7-9,11-12H2. The van der Waals surface area contributed by atoms with Gasteiger partial charge < -0.3 is 10.4 Å². The molecule has 2 atom stereocenters. The van der Waals surface area contributed by atoms with E-state index in [1.54, 1.807) is 0 Å². The average Bonchev–Trinajstić information content (AvgIpc) is 3.30. The van der Waals surface area contributed by atoms with Crippen LogP contribution in [0.5, 0.6) is 0 Å². The Labute approximate surface area is 116 Å². The summed E-state index contributed by atoms with van der Waals surface area (Å²) in [4.78, 5) is 0. The van der Waals surface area contributed by atoms with Gasteiger partial charge >= 0.3 is 0 Å². The Hall–Kier alpha value is -0.860. The molecular formula is C17H25NO. The highest BCUT2D eigenvalue weighted by Gasteiger charge is 2.25. The quantitative estimate of drug-likeness (QED) is 0.851. The van der Waals surface area contributed by atoms with Crippen molar-refractivity contribution in [1.29, 1.82) is 0 Å². The molecule has 0 saturated heterocycles. The van der Waals surface area contributed by atoms with E-state index in [4.69, 9.17) is 0 Å². The number of nitrogens with one attached hydrogen (secondary N) is 1. The van der Waals surface area contributed by atoms with Crippen LogP contribution in [0, 0.1) is 5.92 Å². The van der Waals surface area contributed by atoms with Gasteiger partial charge in [0.25, 0.3) is 0 Å². The van der Waals surface area contributed by atoms with Crippen molar-refractivity contribution in [3.8, 4) is 0 Å². The highest BCUT2D eigenvalue weighted by atomic mass is 16.3. The van der Waals surface area contributed by atoms with Crippen LogP contribution in [0.3, 0.4) is 0 Å². The minimum Gasteiger partial charge on any atom is -0.396 e. The molecule has 0 radical (unpaired) electrons. The van der Waals surface area contributed by atoms with E-state index in [2.05, 4.69) is 29.6 Å². The lowest BCUT2D eigenvalue weighted by Gasteiger charge is -2.31. The Kier molecular flexibility index (Phi) is 4.19. The van der Waals surface area contributed by atoms with Crippen LogP contribution in [0.25, 0.3) is 0 Å². The fourth-order valence-electron chi connectivity index (χ4n) is 3.32. The molecule has 2 heteroatoms. The van der Waals surface area contributed by atoms with Crippen molar-refractivity contribution in [3.63, 3.8) is 0 Å². The topological polar surface area (TPSA) is 32.3 Å². The summed E-state index contributed by atoms with van der Waals surface area (Å²) < 4.78 is 0. The van der Waals surface area contributed by atoms with Gasteiger partial charge in [0.1, 0.15) is 0 Å². The van der Waals surface area contributed by atoms with Crippen LogP contribution in [0.4, 0.5) is 0 Å². The van der Waals surface area contributed by atoms with Crippen LogP contribution in [-0.2, 0) is 6.54 Å². The van der Waals surface area contributed by atoms with Crippen molar-refractivity contribution in [1.82, 2.24) is 5.32 Å². The van der Waals surface area contributed by atoms with Crippen molar-refractivity contribution in [2.24, 2.45) is 5.92 Å². The average molecular weight is 259 g/mol. The zero-order valence-corrected chi connectivity index (χ0v) is 11.6. The van der Waals surface area contributed by atoms with E-state index < -0.39 is 0 Å². The summed E-state index contributed by atoms with van der Waals surface area (Å²) in [6.45, 7) is 1.28. The van der Waals surface area contributed by atoms with Crippen molar-refractivity contribution in [2.45, 2.75) is 57.0 Å².